The van der Waals surface area contributed by atoms with Crippen molar-refractivity contribution in [1.82, 2.24) is 15.5 Å². The van der Waals surface area contributed by atoms with Gasteiger partial charge < -0.3 is 10.6 Å². The number of benzene rings is 1. The number of H-pyrrole nitrogens is 1. The first-order valence-corrected chi connectivity index (χ1v) is 6.71. The first-order chi connectivity index (χ1) is 9.24. The molecule has 1 fully saturated rings. The summed E-state index contributed by atoms with van der Waals surface area (Å²) >= 11 is 0. The third-order valence-corrected chi connectivity index (χ3v) is 3.76. The molecule has 0 aliphatic carbocycles. The third-order valence-electron chi connectivity index (χ3n) is 3.76. The summed E-state index contributed by atoms with van der Waals surface area (Å²) in [7, 11) is 0. The lowest BCUT2D eigenvalue weighted by molar-refractivity contribution is -0.119. The Hall–Kier alpha value is -1.88. The molecule has 0 bridgehead atoms. The lowest BCUT2D eigenvalue weighted by Gasteiger charge is -2.28. The van der Waals surface area contributed by atoms with Gasteiger partial charge in [-0.1, -0.05) is 6.92 Å². The minimum absolute atomic E-state index is 0.0473. The van der Waals surface area contributed by atoms with Crippen molar-refractivity contribution in [3.8, 4) is 0 Å². The summed E-state index contributed by atoms with van der Waals surface area (Å²) in [5, 5.41) is 14.2. The molecule has 5 heteroatoms. The van der Waals surface area contributed by atoms with Crippen LogP contribution in [0.15, 0.2) is 24.4 Å². The fourth-order valence-corrected chi connectivity index (χ4v) is 2.64. The van der Waals surface area contributed by atoms with Crippen LogP contribution in [0.3, 0.4) is 0 Å². The molecule has 0 saturated carbocycles. The number of rotatable bonds is 2. The van der Waals surface area contributed by atoms with Crippen LogP contribution >= 0.6 is 0 Å². The molecule has 0 spiro atoms. The number of aromatic nitrogens is 2. The molecule has 2 aromatic rings. The zero-order valence-electron chi connectivity index (χ0n) is 10.9. The van der Waals surface area contributed by atoms with Gasteiger partial charge in [-0.05, 0) is 43.5 Å². The number of carbonyl (C=O) groups is 1. The Bertz CT molecular complexity index is 592. The highest BCUT2D eigenvalue weighted by Crippen LogP contribution is 2.19. The molecule has 1 saturated heterocycles. The highest BCUT2D eigenvalue weighted by atomic mass is 16.2. The fourth-order valence-electron chi connectivity index (χ4n) is 2.64. The standard InChI is InChI=1S/C14H18N4O/c1-9-3-2-6-15-13(9)14(19)17-11-5-4-10-8-16-18-12(10)7-11/h4-5,7-9,13,15H,2-3,6H2,1H3,(H,16,18)(H,17,19). The Labute approximate surface area is 111 Å². The molecule has 1 aromatic carbocycles. The van der Waals surface area contributed by atoms with Crippen LogP contribution in [0.5, 0.6) is 0 Å². The number of carbonyl (C=O) groups excluding carboxylic acids is 1. The van der Waals surface area contributed by atoms with E-state index in [2.05, 4.69) is 27.8 Å². The van der Waals surface area contributed by atoms with Crippen molar-refractivity contribution in [2.75, 3.05) is 11.9 Å². The third kappa shape index (κ3) is 2.46. The predicted molar refractivity (Wildman–Crippen MR) is 74.9 cm³/mol. The molecule has 100 valence electrons. The van der Waals surface area contributed by atoms with Gasteiger partial charge in [0.2, 0.25) is 5.91 Å². The Morgan fingerprint density at radius 3 is 3.21 bits per heavy atom. The smallest absolute Gasteiger partial charge is 0.241 e. The monoisotopic (exact) mass is 258 g/mol. The Balaban J connectivity index is 1.74. The number of fused-ring (bicyclic) bond motifs is 1. The number of amides is 1. The van der Waals surface area contributed by atoms with E-state index in [0.29, 0.717) is 5.92 Å². The molecule has 1 aliphatic heterocycles. The molecule has 2 unspecified atom stereocenters. The first kappa shape index (κ1) is 12.2. The van der Waals surface area contributed by atoms with Gasteiger partial charge in [-0.3, -0.25) is 9.89 Å². The highest BCUT2D eigenvalue weighted by molar-refractivity contribution is 5.96. The van der Waals surface area contributed by atoms with Gasteiger partial charge in [-0.15, -0.1) is 0 Å². The van der Waals surface area contributed by atoms with E-state index in [4.69, 9.17) is 0 Å². The molecule has 19 heavy (non-hydrogen) atoms. The molecule has 1 aliphatic rings. The topological polar surface area (TPSA) is 69.8 Å². The van der Waals surface area contributed by atoms with Crippen molar-refractivity contribution in [3.05, 3.63) is 24.4 Å². The van der Waals surface area contributed by atoms with Gasteiger partial charge in [-0.25, -0.2) is 0 Å². The van der Waals surface area contributed by atoms with Crippen molar-refractivity contribution in [3.63, 3.8) is 0 Å². The van der Waals surface area contributed by atoms with Crippen LogP contribution in [0.4, 0.5) is 5.69 Å². The molecule has 3 rings (SSSR count). The van der Waals surface area contributed by atoms with E-state index < -0.39 is 0 Å². The van der Waals surface area contributed by atoms with E-state index in [9.17, 15) is 4.79 Å². The summed E-state index contributed by atoms with van der Waals surface area (Å²) in [4.78, 5) is 12.3. The molecule has 0 radical (unpaired) electrons. The van der Waals surface area contributed by atoms with E-state index >= 15 is 0 Å². The van der Waals surface area contributed by atoms with Gasteiger partial charge in [0.1, 0.15) is 0 Å². The summed E-state index contributed by atoms with van der Waals surface area (Å²) in [6.07, 6.45) is 4.02. The van der Waals surface area contributed by atoms with Gasteiger partial charge in [0, 0.05) is 11.1 Å². The van der Waals surface area contributed by atoms with Gasteiger partial charge in [0.15, 0.2) is 0 Å². The van der Waals surface area contributed by atoms with Crippen LogP contribution in [-0.2, 0) is 4.79 Å². The molecule has 1 amide bonds. The van der Waals surface area contributed by atoms with Gasteiger partial charge in [-0.2, -0.15) is 5.10 Å². The van der Waals surface area contributed by atoms with Gasteiger partial charge in [0.05, 0.1) is 17.8 Å². The highest BCUT2D eigenvalue weighted by Gasteiger charge is 2.27. The SMILES string of the molecule is CC1CCCNC1C(=O)Nc1ccc2cn[nH]c2c1. The lowest BCUT2D eigenvalue weighted by atomic mass is 9.92. The van der Waals surface area contributed by atoms with E-state index in [1.165, 1.54) is 0 Å². The van der Waals surface area contributed by atoms with Crippen LogP contribution in [0.25, 0.3) is 10.9 Å². The number of piperidine rings is 1. The van der Waals surface area contributed by atoms with Crippen LogP contribution in [0, 0.1) is 5.92 Å². The van der Waals surface area contributed by atoms with E-state index in [0.717, 1.165) is 36.0 Å². The number of nitrogens with zero attached hydrogens (tertiary/aromatic N) is 1. The van der Waals surface area contributed by atoms with Crippen LogP contribution in [0.1, 0.15) is 19.8 Å². The van der Waals surface area contributed by atoms with Crippen molar-refractivity contribution >= 4 is 22.5 Å². The van der Waals surface area contributed by atoms with Crippen molar-refractivity contribution < 1.29 is 4.79 Å². The number of anilines is 1. The molecule has 3 N–H and O–H groups in total. The van der Waals surface area contributed by atoms with Crippen LogP contribution in [-0.4, -0.2) is 28.7 Å². The summed E-state index contributed by atoms with van der Waals surface area (Å²) in [5.74, 6) is 0.427. The van der Waals surface area contributed by atoms with Crippen LogP contribution < -0.4 is 10.6 Å². The van der Waals surface area contributed by atoms with Gasteiger partial charge in [0.25, 0.3) is 0 Å². The maximum atomic E-state index is 12.3. The second-order valence-electron chi connectivity index (χ2n) is 5.21. The van der Waals surface area contributed by atoms with E-state index in [1.54, 1.807) is 6.20 Å². The minimum Gasteiger partial charge on any atom is -0.325 e. The number of hydrogen-bond donors (Lipinski definition) is 3. The molecular weight excluding hydrogens is 240 g/mol. The van der Waals surface area contributed by atoms with Crippen molar-refractivity contribution in [2.45, 2.75) is 25.8 Å². The second-order valence-corrected chi connectivity index (χ2v) is 5.21. The van der Waals surface area contributed by atoms with E-state index in [-0.39, 0.29) is 11.9 Å². The average Bonchev–Trinajstić information content (AvgIpc) is 2.86. The van der Waals surface area contributed by atoms with Gasteiger partial charge >= 0.3 is 0 Å². The van der Waals surface area contributed by atoms with E-state index in [1.807, 2.05) is 18.2 Å². The zero-order chi connectivity index (χ0) is 13.2. The second kappa shape index (κ2) is 5.01. The lowest BCUT2D eigenvalue weighted by Crippen LogP contribution is -2.48. The average molecular weight is 258 g/mol. The summed E-state index contributed by atoms with van der Waals surface area (Å²) in [5.41, 5.74) is 1.74. The Morgan fingerprint density at radius 2 is 2.37 bits per heavy atom. The summed E-state index contributed by atoms with van der Waals surface area (Å²) < 4.78 is 0. The molecule has 2 atom stereocenters. The fraction of sp³-hybridized carbons (Fsp3) is 0.429. The number of aromatic amines is 1. The quantitative estimate of drug-likeness (QED) is 0.770. The predicted octanol–water partition coefficient (Wildman–Crippen LogP) is 1.89. The maximum Gasteiger partial charge on any atom is 0.241 e. The van der Waals surface area contributed by atoms with Crippen LogP contribution in [0.2, 0.25) is 0 Å². The van der Waals surface area contributed by atoms with Crippen molar-refractivity contribution in [2.24, 2.45) is 5.92 Å². The molecule has 1 aromatic heterocycles. The molecule has 5 nitrogen and oxygen atoms in total. The summed E-state index contributed by atoms with van der Waals surface area (Å²) in [6.45, 7) is 3.04. The number of hydrogen-bond acceptors (Lipinski definition) is 3. The Morgan fingerprint density at radius 1 is 1.47 bits per heavy atom. The maximum absolute atomic E-state index is 12.3. The minimum atomic E-state index is -0.0915. The normalized spacial score (nSPS) is 23.4. The molecular formula is C14H18N4O. The Kier molecular flexibility index (Phi) is 3.21. The zero-order valence-corrected chi connectivity index (χ0v) is 10.9. The van der Waals surface area contributed by atoms with Crippen molar-refractivity contribution in [1.29, 1.82) is 0 Å². The molecule has 2 heterocycles. The largest absolute Gasteiger partial charge is 0.325 e. The summed E-state index contributed by atoms with van der Waals surface area (Å²) in [6, 6.07) is 5.68. The number of nitrogens with one attached hydrogen (secondary N) is 3. The first-order valence-electron chi connectivity index (χ1n) is 6.71.